The Labute approximate surface area is 194 Å². The van der Waals surface area contributed by atoms with Crippen molar-refractivity contribution in [2.75, 3.05) is 37.3 Å². The van der Waals surface area contributed by atoms with Crippen LogP contribution in [0.1, 0.15) is 25.3 Å². The maximum atomic E-state index is 4.56. The molecule has 0 saturated carbocycles. The summed E-state index contributed by atoms with van der Waals surface area (Å²) in [6.45, 7) is 6.96. The van der Waals surface area contributed by atoms with Crippen molar-refractivity contribution in [3.8, 4) is 11.3 Å². The third-order valence-electron chi connectivity index (χ3n) is 5.88. The van der Waals surface area contributed by atoms with E-state index in [1.54, 1.807) is 6.33 Å². The van der Waals surface area contributed by atoms with Crippen LogP contribution in [0.5, 0.6) is 0 Å². The summed E-state index contributed by atoms with van der Waals surface area (Å²) in [5.41, 5.74) is 4.91. The molecule has 4 rings (SSSR count). The number of rotatable bonds is 10. The molecule has 4 aromatic rings. The van der Waals surface area contributed by atoms with Crippen LogP contribution in [-0.2, 0) is 0 Å². The van der Waals surface area contributed by atoms with Gasteiger partial charge in [0, 0.05) is 49.9 Å². The van der Waals surface area contributed by atoms with Crippen LogP contribution in [-0.4, -0.2) is 51.6 Å². The molecule has 0 aliphatic rings. The molecule has 1 unspecified atom stereocenters. The SMILES string of the molecule is CNCCNc1ccc(-c2cc(NC[C@@H](C)C(C)c3ccnc4cccnc34)ncn2)cn1. The second-order valence-corrected chi connectivity index (χ2v) is 8.17. The summed E-state index contributed by atoms with van der Waals surface area (Å²) >= 11 is 0. The van der Waals surface area contributed by atoms with E-state index in [1.165, 1.54) is 5.56 Å². The van der Waals surface area contributed by atoms with Gasteiger partial charge in [-0.15, -0.1) is 0 Å². The fourth-order valence-corrected chi connectivity index (χ4v) is 3.69. The molecule has 0 amide bonds. The Balaban J connectivity index is 1.40. The molecule has 8 heteroatoms. The van der Waals surface area contributed by atoms with E-state index in [9.17, 15) is 0 Å². The molecule has 8 nitrogen and oxygen atoms in total. The Kier molecular flexibility index (Phi) is 7.36. The molecule has 0 fully saturated rings. The molecule has 170 valence electrons. The number of nitrogens with one attached hydrogen (secondary N) is 3. The first-order chi connectivity index (χ1) is 16.2. The first kappa shape index (κ1) is 22.5. The third kappa shape index (κ3) is 5.59. The van der Waals surface area contributed by atoms with Crippen LogP contribution in [0.2, 0.25) is 0 Å². The number of hydrogen-bond acceptors (Lipinski definition) is 8. The zero-order chi connectivity index (χ0) is 23.0. The Hall–Kier alpha value is -3.65. The summed E-state index contributed by atoms with van der Waals surface area (Å²) in [6, 6.07) is 12.0. The van der Waals surface area contributed by atoms with Gasteiger partial charge in [0.25, 0.3) is 0 Å². The Morgan fingerprint density at radius 2 is 1.76 bits per heavy atom. The van der Waals surface area contributed by atoms with Gasteiger partial charge in [0.2, 0.25) is 0 Å². The van der Waals surface area contributed by atoms with Crippen LogP contribution in [0.15, 0.2) is 61.3 Å². The summed E-state index contributed by atoms with van der Waals surface area (Å²) < 4.78 is 0. The van der Waals surface area contributed by atoms with Crippen LogP contribution in [0.3, 0.4) is 0 Å². The van der Waals surface area contributed by atoms with Crippen LogP contribution in [0.4, 0.5) is 11.6 Å². The summed E-state index contributed by atoms with van der Waals surface area (Å²) in [4.78, 5) is 22.3. The molecule has 33 heavy (non-hydrogen) atoms. The largest absolute Gasteiger partial charge is 0.370 e. The number of likely N-dealkylation sites (N-methyl/N-ethyl adjacent to an activating group) is 1. The molecular weight excluding hydrogens is 412 g/mol. The highest BCUT2D eigenvalue weighted by Crippen LogP contribution is 2.29. The van der Waals surface area contributed by atoms with Crippen molar-refractivity contribution in [1.29, 1.82) is 0 Å². The van der Waals surface area contributed by atoms with Crippen molar-refractivity contribution < 1.29 is 0 Å². The van der Waals surface area contributed by atoms with Gasteiger partial charge < -0.3 is 16.0 Å². The highest BCUT2D eigenvalue weighted by Gasteiger charge is 2.18. The predicted octanol–water partition coefficient (Wildman–Crippen LogP) is 3.96. The molecular formula is C25H30N8. The Bertz CT molecular complexity index is 1170. The van der Waals surface area contributed by atoms with E-state index in [1.807, 2.05) is 56.0 Å². The molecule has 4 heterocycles. The van der Waals surface area contributed by atoms with Gasteiger partial charge in [-0.25, -0.2) is 15.0 Å². The van der Waals surface area contributed by atoms with E-state index in [-0.39, 0.29) is 0 Å². The molecule has 0 radical (unpaired) electrons. The lowest BCUT2D eigenvalue weighted by molar-refractivity contribution is 0.513. The second-order valence-electron chi connectivity index (χ2n) is 8.17. The zero-order valence-electron chi connectivity index (χ0n) is 19.3. The average molecular weight is 443 g/mol. The lowest BCUT2D eigenvalue weighted by atomic mass is 9.88. The molecule has 0 bridgehead atoms. The first-order valence-electron chi connectivity index (χ1n) is 11.3. The molecule has 4 aromatic heterocycles. The van der Waals surface area contributed by atoms with E-state index in [0.717, 1.165) is 53.6 Å². The number of aromatic nitrogens is 5. The van der Waals surface area contributed by atoms with Gasteiger partial charge in [-0.2, -0.15) is 0 Å². The lowest BCUT2D eigenvalue weighted by Gasteiger charge is -2.22. The number of hydrogen-bond donors (Lipinski definition) is 3. The van der Waals surface area contributed by atoms with Gasteiger partial charge in [-0.1, -0.05) is 13.8 Å². The quantitative estimate of drug-likeness (QED) is 0.317. The van der Waals surface area contributed by atoms with Crippen LogP contribution >= 0.6 is 0 Å². The van der Waals surface area contributed by atoms with E-state index in [0.29, 0.717) is 11.8 Å². The van der Waals surface area contributed by atoms with Gasteiger partial charge in [0.1, 0.15) is 18.0 Å². The van der Waals surface area contributed by atoms with Gasteiger partial charge in [0.15, 0.2) is 0 Å². The van der Waals surface area contributed by atoms with Crippen molar-refractivity contribution in [2.24, 2.45) is 5.92 Å². The zero-order valence-corrected chi connectivity index (χ0v) is 19.3. The highest BCUT2D eigenvalue weighted by atomic mass is 15.0. The molecule has 0 aromatic carbocycles. The first-order valence-corrected chi connectivity index (χ1v) is 11.3. The van der Waals surface area contributed by atoms with Crippen LogP contribution < -0.4 is 16.0 Å². The Morgan fingerprint density at radius 3 is 2.58 bits per heavy atom. The minimum Gasteiger partial charge on any atom is -0.370 e. The second kappa shape index (κ2) is 10.8. The smallest absolute Gasteiger partial charge is 0.129 e. The van der Waals surface area contributed by atoms with Gasteiger partial charge >= 0.3 is 0 Å². The van der Waals surface area contributed by atoms with Crippen LogP contribution in [0, 0.1) is 5.92 Å². The van der Waals surface area contributed by atoms with Crippen molar-refractivity contribution in [3.05, 3.63) is 66.9 Å². The molecule has 0 spiro atoms. The standard InChI is InChI=1S/C25H30N8/c1-17(18(2)20-8-10-27-21-5-4-9-29-25(20)21)14-30-24-13-22(32-16-33-24)19-6-7-23(31-15-19)28-12-11-26-3/h4-10,13,15-18,26H,11-12,14H2,1-3H3,(H,28,31)(H,30,32,33)/t17-,18?/m1/s1. The minimum atomic E-state index is 0.311. The maximum absolute atomic E-state index is 4.56. The van der Waals surface area contributed by atoms with Crippen molar-refractivity contribution in [3.63, 3.8) is 0 Å². The number of nitrogens with zero attached hydrogens (tertiary/aromatic N) is 5. The highest BCUT2D eigenvalue weighted by molar-refractivity contribution is 5.77. The molecule has 2 atom stereocenters. The molecule has 0 saturated heterocycles. The molecule has 0 aliphatic carbocycles. The summed E-state index contributed by atoms with van der Waals surface area (Å²) in [6.07, 6.45) is 7.11. The van der Waals surface area contributed by atoms with Gasteiger partial charge in [0.05, 0.1) is 16.7 Å². The molecule has 0 aliphatic heterocycles. The minimum absolute atomic E-state index is 0.311. The van der Waals surface area contributed by atoms with Crippen molar-refractivity contribution >= 4 is 22.7 Å². The van der Waals surface area contributed by atoms with E-state index in [2.05, 4.69) is 60.8 Å². The van der Waals surface area contributed by atoms with Crippen molar-refractivity contribution in [2.45, 2.75) is 19.8 Å². The normalized spacial score (nSPS) is 12.9. The van der Waals surface area contributed by atoms with Gasteiger partial charge in [-0.05, 0) is 54.8 Å². The van der Waals surface area contributed by atoms with E-state index < -0.39 is 0 Å². The molecule has 3 N–H and O–H groups in total. The number of anilines is 2. The fraction of sp³-hybridized carbons (Fsp3) is 0.320. The van der Waals surface area contributed by atoms with Crippen LogP contribution in [0.25, 0.3) is 22.3 Å². The van der Waals surface area contributed by atoms with E-state index >= 15 is 0 Å². The van der Waals surface area contributed by atoms with Crippen molar-refractivity contribution in [1.82, 2.24) is 30.2 Å². The third-order valence-corrected chi connectivity index (χ3v) is 5.88. The monoisotopic (exact) mass is 442 g/mol. The Morgan fingerprint density at radius 1 is 0.848 bits per heavy atom. The summed E-state index contributed by atoms with van der Waals surface area (Å²) in [5, 5.41) is 9.85. The van der Waals surface area contributed by atoms with E-state index in [4.69, 9.17) is 0 Å². The average Bonchev–Trinajstić information content (AvgIpc) is 2.87. The number of fused-ring (bicyclic) bond motifs is 1. The fourth-order valence-electron chi connectivity index (χ4n) is 3.69. The summed E-state index contributed by atoms with van der Waals surface area (Å²) in [5.74, 6) is 2.32. The number of pyridine rings is 3. The maximum Gasteiger partial charge on any atom is 0.129 e. The van der Waals surface area contributed by atoms with Gasteiger partial charge in [-0.3, -0.25) is 9.97 Å². The lowest BCUT2D eigenvalue weighted by Crippen LogP contribution is -2.18. The topological polar surface area (TPSA) is 101 Å². The summed E-state index contributed by atoms with van der Waals surface area (Å²) in [7, 11) is 1.93. The predicted molar refractivity (Wildman–Crippen MR) is 133 cm³/mol.